The lowest BCUT2D eigenvalue weighted by molar-refractivity contribution is -0.123. The predicted molar refractivity (Wildman–Crippen MR) is 163 cm³/mol. The Hall–Kier alpha value is -5.63. The number of anilines is 2. The number of hydrogen-bond acceptors (Lipinski definition) is 11. The van der Waals surface area contributed by atoms with E-state index in [9.17, 15) is 4.79 Å². The van der Waals surface area contributed by atoms with Gasteiger partial charge in [0.05, 0.1) is 31.6 Å². The van der Waals surface area contributed by atoms with Crippen LogP contribution in [0.5, 0.6) is 11.5 Å². The first kappa shape index (κ1) is 28.5. The molecule has 1 atom stereocenters. The summed E-state index contributed by atoms with van der Waals surface area (Å²) in [5.41, 5.74) is 8.61. The minimum Gasteiger partial charge on any atom is -0.496 e. The van der Waals surface area contributed by atoms with Crippen LogP contribution in [0.3, 0.4) is 0 Å². The van der Waals surface area contributed by atoms with Crippen LogP contribution in [-0.2, 0) is 9.53 Å². The second-order valence-corrected chi connectivity index (χ2v) is 9.67. The molecular formula is C30H31N9O5. The fourth-order valence-corrected chi connectivity index (χ4v) is 4.80. The number of carbonyl (C=O) groups is 1. The van der Waals surface area contributed by atoms with Gasteiger partial charge in [0.1, 0.15) is 18.1 Å². The maximum absolute atomic E-state index is 13.9. The van der Waals surface area contributed by atoms with Gasteiger partial charge in [0, 0.05) is 31.5 Å². The Morgan fingerprint density at radius 3 is 2.61 bits per heavy atom. The molecule has 4 aromatic heterocycles. The molecule has 0 saturated heterocycles. The molecule has 0 aliphatic heterocycles. The van der Waals surface area contributed by atoms with Gasteiger partial charge in [-0.1, -0.05) is 18.2 Å². The van der Waals surface area contributed by atoms with Crippen molar-refractivity contribution in [3.05, 3.63) is 78.7 Å². The molecule has 4 N–H and O–H groups in total. The van der Waals surface area contributed by atoms with E-state index < -0.39 is 6.04 Å². The van der Waals surface area contributed by atoms with E-state index in [1.165, 1.54) is 9.20 Å². The molecule has 6 rings (SSSR count). The first-order valence-corrected chi connectivity index (χ1v) is 13.9. The van der Waals surface area contributed by atoms with Gasteiger partial charge in [-0.3, -0.25) is 4.79 Å². The summed E-state index contributed by atoms with van der Waals surface area (Å²) >= 11 is 0. The lowest BCUT2D eigenvalue weighted by Crippen LogP contribution is -2.36. The lowest BCUT2D eigenvalue weighted by Gasteiger charge is -2.21. The normalized spacial score (nSPS) is 12.0. The fraction of sp³-hybridized carbons (Fsp3) is 0.233. The molecule has 6 aromatic rings. The number of hydrogen-bond donors (Lipinski definition) is 3. The number of carbonyl (C=O) groups excluding carboxylic acids is 1. The second kappa shape index (κ2) is 12.7. The standard InChI is InChI=1S/C30H31N9O5/c1-41-16-17-43-20-11-9-19(10-12-20)32-13-14-33-29(40)25(21-6-3-4-7-23(21)42-2)38-28-22(18-34-38)27-35-26(24-8-5-15-44-24)37-39(27)30(31)36-28/h3-12,15,18,25,32H,13-14,16-17H2,1-2H3,(H2,31,36)(H,33,40)/t25-/m1/s1. The van der Waals surface area contributed by atoms with Gasteiger partial charge in [0.2, 0.25) is 17.7 Å². The Balaban J connectivity index is 1.25. The summed E-state index contributed by atoms with van der Waals surface area (Å²) in [4.78, 5) is 23.0. The van der Waals surface area contributed by atoms with Crippen LogP contribution in [0.2, 0.25) is 0 Å². The Morgan fingerprint density at radius 1 is 1.00 bits per heavy atom. The minimum atomic E-state index is -0.922. The SMILES string of the molecule is COCCOc1ccc(NCCNC(=O)[C@@H](c2ccccc2OC)n2ncc3c2nc(N)n2nc(-c4ccco4)nc32)cc1. The molecule has 0 aliphatic carbocycles. The van der Waals surface area contributed by atoms with Gasteiger partial charge in [-0.05, 0) is 42.5 Å². The molecule has 44 heavy (non-hydrogen) atoms. The van der Waals surface area contributed by atoms with E-state index >= 15 is 0 Å². The highest BCUT2D eigenvalue weighted by Crippen LogP contribution is 2.31. The number of methoxy groups -OCH3 is 2. The van der Waals surface area contributed by atoms with E-state index in [-0.39, 0.29) is 11.9 Å². The predicted octanol–water partition coefficient (Wildman–Crippen LogP) is 3.17. The molecule has 0 spiro atoms. The molecule has 2 aromatic carbocycles. The van der Waals surface area contributed by atoms with Gasteiger partial charge in [-0.25, -0.2) is 9.67 Å². The first-order valence-electron chi connectivity index (χ1n) is 13.9. The Bertz CT molecular complexity index is 1870. The highest BCUT2D eigenvalue weighted by Gasteiger charge is 2.29. The van der Waals surface area contributed by atoms with E-state index in [1.807, 2.05) is 42.5 Å². The average molecular weight is 598 g/mol. The van der Waals surface area contributed by atoms with E-state index in [1.54, 1.807) is 44.9 Å². The summed E-state index contributed by atoms with van der Waals surface area (Å²) in [7, 11) is 3.19. The lowest BCUT2D eigenvalue weighted by atomic mass is 10.0. The van der Waals surface area contributed by atoms with E-state index in [0.29, 0.717) is 65.9 Å². The number of nitrogens with two attached hydrogens (primary N) is 1. The van der Waals surface area contributed by atoms with Crippen LogP contribution >= 0.6 is 0 Å². The van der Waals surface area contributed by atoms with Gasteiger partial charge < -0.3 is 35.0 Å². The second-order valence-electron chi connectivity index (χ2n) is 9.67. The smallest absolute Gasteiger partial charge is 0.249 e. The first-order chi connectivity index (χ1) is 21.6. The van der Waals surface area contributed by atoms with Crippen LogP contribution < -0.4 is 25.8 Å². The Labute approximate surface area is 251 Å². The highest BCUT2D eigenvalue weighted by molar-refractivity contribution is 5.93. The molecule has 14 nitrogen and oxygen atoms in total. The van der Waals surface area contributed by atoms with Crippen LogP contribution in [0, 0.1) is 0 Å². The third kappa shape index (κ3) is 5.70. The van der Waals surface area contributed by atoms with E-state index in [2.05, 4.69) is 30.8 Å². The number of amides is 1. The summed E-state index contributed by atoms with van der Waals surface area (Å²) in [6.45, 7) is 1.82. The highest BCUT2D eigenvalue weighted by atomic mass is 16.5. The summed E-state index contributed by atoms with van der Waals surface area (Å²) in [6, 6.07) is 17.4. The van der Waals surface area contributed by atoms with Gasteiger partial charge in [0.15, 0.2) is 23.1 Å². The summed E-state index contributed by atoms with van der Waals surface area (Å²) < 4.78 is 24.6. The zero-order valence-electron chi connectivity index (χ0n) is 24.1. The summed E-state index contributed by atoms with van der Waals surface area (Å²) in [6.07, 6.45) is 3.14. The van der Waals surface area contributed by atoms with Gasteiger partial charge in [-0.15, -0.1) is 5.10 Å². The van der Waals surface area contributed by atoms with Crippen molar-refractivity contribution in [2.75, 3.05) is 51.6 Å². The molecular weight excluding hydrogens is 566 g/mol. The molecule has 0 unspecified atom stereocenters. The third-order valence-electron chi connectivity index (χ3n) is 6.89. The number of nitrogens with one attached hydrogen (secondary N) is 2. The van der Waals surface area contributed by atoms with Gasteiger partial charge in [0.25, 0.3) is 0 Å². The number of benzene rings is 2. The molecule has 226 valence electrons. The van der Waals surface area contributed by atoms with Crippen LogP contribution in [-0.4, -0.2) is 75.8 Å². The number of nitrogens with zero attached hydrogens (tertiary/aromatic N) is 6. The maximum atomic E-state index is 13.9. The Kier molecular flexibility index (Phi) is 8.23. The number of ether oxygens (including phenoxy) is 3. The van der Waals surface area contributed by atoms with Crippen molar-refractivity contribution in [3.63, 3.8) is 0 Å². The average Bonchev–Trinajstić information content (AvgIpc) is 3.81. The summed E-state index contributed by atoms with van der Waals surface area (Å²) in [5, 5.41) is 15.9. The van der Waals surface area contributed by atoms with Crippen LogP contribution in [0.25, 0.3) is 28.3 Å². The van der Waals surface area contributed by atoms with Crippen LogP contribution in [0.15, 0.2) is 77.5 Å². The minimum absolute atomic E-state index is 0.0815. The van der Waals surface area contributed by atoms with Gasteiger partial charge >= 0.3 is 0 Å². The molecule has 0 bridgehead atoms. The Morgan fingerprint density at radius 2 is 1.84 bits per heavy atom. The number of rotatable bonds is 13. The van der Waals surface area contributed by atoms with Crippen molar-refractivity contribution >= 4 is 34.2 Å². The van der Waals surface area contributed by atoms with E-state index in [0.717, 1.165) is 11.4 Å². The molecule has 4 heterocycles. The molecule has 14 heteroatoms. The van der Waals surface area contributed by atoms with E-state index in [4.69, 9.17) is 24.4 Å². The molecule has 0 fully saturated rings. The number of nitrogen functional groups attached to an aromatic ring is 1. The zero-order chi connectivity index (χ0) is 30.5. The monoisotopic (exact) mass is 597 g/mol. The van der Waals surface area contributed by atoms with Crippen molar-refractivity contribution in [1.82, 2.24) is 34.7 Å². The number of para-hydroxylation sites is 1. The number of furan rings is 1. The molecule has 0 radical (unpaired) electrons. The quantitative estimate of drug-likeness (QED) is 0.167. The molecule has 0 saturated carbocycles. The largest absolute Gasteiger partial charge is 0.496 e. The van der Waals surface area contributed by atoms with Crippen molar-refractivity contribution < 1.29 is 23.4 Å². The van der Waals surface area contributed by atoms with Gasteiger partial charge in [-0.2, -0.15) is 14.6 Å². The van der Waals surface area contributed by atoms with Crippen molar-refractivity contribution in [3.8, 4) is 23.1 Å². The summed E-state index contributed by atoms with van der Waals surface area (Å²) in [5.74, 6) is 1.89. The molecule has 0 aliphatic rings. The van der Waals surface area contributed by atoms with Crippen LogP contribution in [0.4, 0.5) is 11.6 Å². The molecule has 1 amide bonds. The zero-order valence-corrected chi connectivity index (χ0v) is 24.1. The van der Waals surface area contributed by atoms with Crippen molar-refractivity contribution in [2.45, 2.75) is 6.04 Å². The third-order valence-corrected chi connectivity index (χ3v) is 6.89. The fourth-order valence-electron chi connectivity index (χ4n) is 4.80. The maximum Gasteiger partial charge on any atom is 0.249 e. The van der Waals surface area contributed by atoms with Crippen molar-refractivity contribution in [1.29, 1.82) is 0 Å². The topological polar surface area (TPSA) is 169 Å². The number of aromatic nitrogens is 6. The van der Waals surface area contributed by atoms with Crippen molar-refractivity contribution in [2.24, 2.45) is 0 Å². The number of fused-ring (bicyclic) bond motifs is 3. The van der Waals surface area contributed by atoms with Crippen LogP contribution in [0.1, 0.15) is 11.6 Å².